The number of hydrogen-bond acceptors (Lipinski definition) is 1. The first kappa shape index (κ1) is 14.5. The van der Waals surface area contributed by atoms with Crippen LogP contribution in [0, 0.1) is 11.8 Å². The van der Waals surface area contributed by atoms with Crippen LogP contribution in [-0.4, -0.2) is 6.92 Å². The molecule has 0 aromatic rings. The normalized spacial score (nSPS) is 10.1. The standard InChI is InChI=1S/C8H18BO.Na/c1-7(2)5-9(10)6-8(3)4;/h7-8H,5-6H2,1-4H3;/q-1;+1. The fourth-order valence-corrected chi connectivity index (χ4v) is 1.15. The fourth-order valence-electron chi connectivity index (χ4n) is 1.15. The topological polar surface area (TPSA) is 23.1 Å². The van der Waals surface area contributed by atoms with Crippen LogP contribution in [0.4, 0.5) is 0 Å². The Morgan fingerprint density at radius 3 is 1.45 bits per heavy atom. The molecule has 0 spiro atoms. The van der Waals surface area contributed by atoms with E-state index >= 15 is 0 Å². The fraction of sp³-hybridized carbons (Fsp3) is 1.00. The van der Waals surface area contributed by atoms with Gasteiger partial charge in [-0.3, -0.25) is 0 Å². The van der Waals surface area contributed by atoms with Crippen molar-refractivity contribution in [1.82, 2.24) is 0 Å². The summed E-state index contributed by atoms with van der Waals surface area (Å²) in [6.07, 6.45) is 1.66. The van der Waals surface area contributed by atoms with E-state index in [4.69, 9.17) is 0 Å². The van der Waals surface area contributed by atoms with Gasteiger partial charge in [-0.05, 0) is 0 Å². The second-order valence-corrected chi connectivity index (χ2v) is 3.88. The van der Waals surface area contributed by atoms with Crippen LogP contribution in [-0.2, 0) is 0 Å². The van der Waals surface area contributed by atoms with E-state index in [2.05, 4.69) is 27.7 Å². The molecule has 0 heterocycles. The molecule has 0 bridgehead atoms. The molecule has 0 N–H and O–H groups in total. The molecule has 0 aliphatic heterocycles. The van der Waals surface area contributed by atoms with E-state index in [0.717, 1.165) is 12.6 Å². The maximum atomic E-state index is 11.1. The third kappa shape index (κ3) is 11.0. The summed E-state index contributed by atoms with van der Waals surface area (Å²) in [7, 11) is 0. The third-order valence-corrected chi connectivity index (χ3v) is 1.47. The van der Waals surface area contributed by atoms with Gasteiger partial charge < -0.3 is 5.02 Å². The molecule has 0 saturated carbocycles. The molecular weight excluding hydrogens is 146 g/mol. The Hall–Kier alpha value is 1.02. The Labute approximate surface area is 93.4 Å². The van der Waals surface area contributed by atoms with Crippen LogP contribution in [0.15, 0.2) is 0 Å². The van der Waals surface area contributed by atoms with Gasteiger partial charge in [-0.15, -0.1) is 0 Å². The zero-order chi connectivity index (χ0) is 8.15. The summed E-state index contributed by atoms with van der Waals surface area (Å²) in [4.78, 5) is 0. The van der Waals surface area contributed by atoms with Crippen molar-refractivity contribution in [2.24, 2.45) is 11.8 Å². The van der Waals surface area contributed by atoms with Gasteiger partial charge in [0.1, 0.15) is 0 Å². The Kier molecular flexibility index (Phi) is 10.1. The maximum Gasteiger partial charge on any atom is 1.00 e. The minimum Gasteiger partial charge on any atom is -0.879 e. The first-order valence-corrected chi connectivity index (χ1v) is 4.18. The zero-order valence-electron chi connectivity index (χ0n) is 8.55. The molecule has 0 amide bonds. The Morgan fingerprint density at radius 2 is 1.27 bits per heavy atom. The summed E-state index contributed by atoms with van der Waals surface area (Å²) < 4.78 is 0. The summed E-state index contributed by atoms with van der Waals surface area (Å²) in [6.45, 7) is 8.08. The second kappa shape index (κ2) is 7.66. The molecule has 0 aliphatic rings. The van der Waals surface area contributed by atoms with Crippen LogP contribution in [0.5, 0.6) is 0 Å². The predicted molar refractivity (Wildman–Crippen MR) is 45.0 cm³/mol. The van der Waals surface area contributed by atoms with E-state index in [1.807, 2.05) is 0 Å². The van der Waals surface area contributed by atoms with Gasteiger partial charge in [0, 0.05) is 6.92 Å². The molecule has 0 rings (SSSR count). The Balaban J connectivity index is 0. The van der Waals surface area contributed by atoms with Gasteiger partial charge in [0.15, 0.2) is 0 Å². The van der Waals surface area contributed by atoms with Gasteiger partial charge in [-0.1, -0.05) is 52.2 Å². The minimum absolute atomic E-state index is 0. The van der Waals surface area contributed by atoms with E-state index in [9.17, 15) is 5.02 Å². The molecule has 0 aromatic heterocycles. The second-order valence-electron chi connectivity index (χ2n) is 3.88. The van der Waals surface area contributed by atoms with E-state index in [1.54, 1.807) is 0 Å². The first-order valence-electron chi connectivity index (χ1n) is 4.18. The van der Waals surface area contributed by atoms with E-state index < -0.39 is 0 Å². The van der Waals surface area contributed by atoms with Crippen LogP contribution in [0.3, 0.4) is 0 Å². The Bertz CT molecular complexity index is 76.2. The van der Waals surface area contributed by atoms with Crippen molar-refractivity contribution in [2.45, 2.75) is 40.3 Å². The predicted octanol–water partition coefficient (Wildman–Crippen LogP) is -1.35. The van der Waals surface area contributed by atoms with Gasteiger partial charge in [-0.25, -0.2) is 0 Å². The largest absolute Gasteiger partial charge is 1.00 e. The Morgan fingerprint density at radius 1 is 1.00 bits per heavy atom. The maximum absolute atomic E-state index is 11.1. The molecule has 0 aliphatic carbocycles. The molecule has 3 heteroatoms. The SMILES string of the molecule is CC(C)CB([O-])CC(C)C.[Na+]. The zero-order valence-corrected chi connectivity index (χ0v) is 10.6. The number of hydrogen-bond donors (Lipinski definition) is 0. The molecule has 11 heavy (non-hydrogen) atoms. The average molecular weight is 164 g/mol. The van der Waals surface area contributed by atoms with Crippen molar-refractivity contribution in [3.63, 3.8) is 0 Å². The molecule has 60 valence electrons. The number of rotatable bonds is 4. The molecule has 1 nitrogen and oxygen atoms in total. The van der Waals surface area contributed by atoms with E-state index in [0.29, 0.717) is 11.8 Å². The van der Waals surface area contributed by atoms with Gasteiger partial charge in [-0.2, -0.15) is 0 Å². The first-order chi connectivity index (χ1) is 4.52. The van der Waals surface area contributed by atoms with Crippen LogP contribution >= 0.6 is 0 Å². The summed E-state index contributed by atoms with van der Waals surface area (Å²) in [5.74, 6) is 1.11. The quantitative estimate of drug-likeness (QED) is 0.471. The molecule has 0 aromatic carbocycles. The van der Waals surface area contributed by atoms with Gasteiger partial charge in [0.05, 0.1) is 0 Å². The van der Waals surface area contributed by atoms with Crippen molar-refractivity contribution >= 4 is 6.92 Å². The molecule has 0 unspecified atom stereocenters. The van der Waals surface area contributed by atoms with Gasteiger partial charge in [0.2, 0.25) is 0 Å². The van der Waals surface area contributed by atoms with Crippen LogP contribution < -0.4 is 34.6 Å². The van der Waals surface area contributed by atoms with Crippen molar-refractivity contribution in [2.75, 3.05) is 0 Å². The van der Waals surface area contributed by atoms with Gasteiger partial charge >= 0.3 is 29.6 Å². The van der Waals surface area contributed by atoms with Crippen molar-refractivity contribution in [3.05, 3.63) is 0 Å². The summed E-state index contributed by atoms with van der Waals surface area (Å²) in [6, 6.07) is 0. The molecular formula is C8H18BNaO. The van der Waals surface area contributed by atoms with Crippen molar-refractivity contribution in [3.8, 4) is 0 Å². The third-order valence-electron chi connectivity index (χ3n) is 1.47. The van der Waals surface area contributed by atoms with Gasteiger partial charge in [0.25, 0.3) is 0 Å². The molecule has 0 saturated heterocycles. The van der Waals surface area contributed by atoms with E-state index in [1.165, 1.54) is 0 Å². The van der Waals surface area contributed by atoms with Crippen molar-refractivity contribution in [1.29, 1.82) is 0 Å². The molecule has 0 radical (unpaired) electrons. The molecule has 0 fully saturated rings. The van der Waals surface area contributed by atoms with Crippen LogP contribution in [0.25, 0.3) is 0 Å². The monoisotopic (exact) mass is 164 g/mol. The van der Waals surface area contributed by atoms with E-state index in [-0.39, 0.29) is 36.5 Å². The summed E-state index contributed by atoms with van der Waals surface area (Å²) >= 11 is 0. The minimum atomic E-state index is -0.333. The smallest absolute Gasteiger partial charge is 0.879 e. The summed E-state index contributed by atoms with van der Waals surface area (Å²) in [5.41, 5.74) is 0. The van der Waals surface area contributed by atoms with Crippen molar-refractivity contribution < 1.29 is 34.6 Å². The van der Waals surface area contributed by atoms with Crippen LogP contribution in [0.1, 0.15) is 27.7 Å². The average Bonchev–Trinajstić information content (AvgIpc) is 1.58. The van der Waals surface area contributed by atoms with Crippen LogP contribution in [0.2, 0.25) is 12.6 Å². The summed E-state index contributed by atoms with van der Waals surface area (Å²) in [5, 5.41) is 11.1. The molecule has 0 atom stereocenters.